The Hall–Kier alpha value is -4.81. The van der Waals surface area contributed by atoms with Crippen molar-refractivity contribution < 1.29 is 14.3 Å². The quantitative estimate of drug-likeness (QED) is 0.194. The zero-order valence-electron chi connectivity index (χ0n) is 29.5. The van der Waals surface area contributed by atoms with E-state index in [4.69, 9.17) is 32.9 Å². The summed E-state index contributed by atoms with van der Waals surface area (Å²) in [5, 5.41) is 7.39. The summed E-state index contributed by atoms with van der Waals surface area (Å²) in [6.45, 7) is 6.68. The minimum atomic E-state index is -0.0986. The number of halogens is 2. The highest BCUT2D eigenvalue weighted by Gasteiger charge is 2.52. The van der Waals surface area contributed by atoms with Crippen LogP contribution in [-0.2, 0) is 22.7 Å². The standard InChI is InChI=1S/C40H39Cl2N7O4/c1-24(50)48-22-40(23-48)20-47(21-40)19-27-17-44-34-15-25(13-14-49(34)39(27)52)29-5-3-6-30(36(29)41)31-7-4-8-32(37(31)42)33-11-9-26(38(46-33)53-2)16-43-18-28-10-12-35(51)45-28/h3-9,11,13-15,17,28,43H,10,12,16,18-23H2,1-2H3,(H,45,51)/t28-/m0/s1. The van der Waals surface area contributed by atoms with Crippen molar-refractivity contribution in [1.82, 2.24) is 34.8 Å². The summed E-state index contributed by atoms with van der Waals surface area (Å²) < 4.78 is 7.23. The van der Waals surface area contributed by atoms with Gasteiger partial charge in [0, 0.05) is 111 Å². The molecule has 2 aromatic carbocycles. The zero-order chi connectivity index (χ0) is 36.9. The molecule has 3 aromatic heterocycles. The van der Waals surface area contributed by atoms with Crippen LogP contribution in [0, 0.1) is 5.41 Å². The Labute approximate surface area is 316 Å². The average Bonchev–Trinajstić information content (AvgIpc) is 3.54. The van der Waals surface area contributed by atoms with Crippen LogP contribution in [-0.4, -0.2) is 81.9 Å². The van der Waals surface area contributed by atoms with Gasteiger partial charge < -0.3 is 20.3 Å². The van der Waals surface area contributed by atoms with E-state index in [2.05, 4.69) is 20.5 Å². The fourth-order valence-corrected chi connectivity index (χ4v) is 8.53. The molecule has 1 spiro atoms. The highest BCUT2D eigenvalue weighted by Crippen LogP contribution is 2.43. The molecule has 0 bridgehead atoms. The number of carbonyl (C=O) groups is 2. The van der Waals surface area contributed by atoms with Crippen LogP contribution >= 0.6 is 23.2 Å². The van der Waals surface area contributed by atoms with Crippen molar-refractivity contribution in [3.63, 3.8) is 0 Å². The third-order valence-electron chi connectivity index (χ3n) is 10.6. The Bertz CT molecular complexity index is 2320. The average molecular weight is 753 g/mol. The lowest BCUT2D eigenvalue weighted by Gasteiger charge is -2.60. The van der Waals surface area contributed by atoms with Crippen molar-refractivity contribution in [2.45, 2.75) is 38.9 Å². The number of rotatable bonds is 10. The van der Waals surface area contributed by atoms with Crippen LogP contribution in [0.2, 0.25) is 10.0 Å². The highest BCUT2D eigenvalue weighted by atomic mass is 35.5. The van der Waals surface area contributed by atoms with E-state index >= 15 is 0 Å². The number of amides is 2. The summed E-state index contributed by atoms with van der Waals surface area (Å²) in [4.78, 5) is 50.2. The van der Waals surface area contributed by atoms with Crippen molar-refractivity contribution in [2.75, 3.05) is 39.8 Å². The number of nitrogens with zero attached hydrogens (tertiary/aromatic N) is 5. The first kappa shape index (κ1) is 35.2. The topological polar surface area (TPSA) is 121 Å². The molecule has 8 rings (SSSR count). The maximum absolute atomic E-state index is 13.5. The molecule has 0 radical (unpaired) electrons. The number of carbonyl (C=O) groups excluding carboxylic acids is 2. The van der Waals surface area contributed by atoms with Gasteiger partial charge in [-0.05, 0) is 30.2 Å². The maximum Gasteiger partial charge on any atom is 0.262 e. The fraction of sp³-hybridized carbons (Fsp3) is 0.325. The number of fused-ring (bicyclic) bond motifs is 1. The molecule has 2 amide bonds. The third-order valence-corrected chi connectivity index (χ3v) is 11.4. The second-order valence-corrected chi connectivity index (χ2v) is 15.1. The van der Waals surface area contributed by atoms with E-state index in [1.165, 1.54) is 0 Å². The van der Waals surface area contributed by atoms with Crippen molar-refractivity contribution >= 4 is 40.7 Å². The van der Waals surface area contributed by atoms with Gasteiger partial charge in [-0.2, -0.15) is 0 Å². The Morgan fingerprint density at radius 3 is 2.38 bits per heavy atom. The zero-order valence-corrected chi connectivity index (χ0v) is 31.0. The Morgan fingerprint density at radius 1 is 0.962 bits per heavy atom. The Kier molecular flexibility index (Phi) is 9.44. The van der Waals surface area contributed by atoms with Crippen molar-refractivity contribution in [3.8, 4) is 39.4 Å². The fourth-order valence-electron chi connectivity index (χ4n) is 7.87. The first-order valence-electron chi connectivity index (χ1n) is 17.7. The molecular weight excluding hydrogens is 713 g/mol. The van der Waals surface area contributed by atoms with Crippen molar-refractivity contribution in [1.29, 1.82) is 0 Å². The second-order valence-electron chi connectivity index (χ2n) is 14.4. The number of hydrogen-bond donors (Lipinski definition) is 2. The number of aromatic nitrogens is 3. The summed E-state index contributed by atoms with van der Waals surface area (Å²) in [5.74, 6) is 0.705. The van der Waals surface area contributed by atoms with Crippen molar-refractivity contribution in [3.05, 3.63) is 105 Å². The highest BCUT2D eigenvalue weighted by molar-refractivity contribution is 6.39. The smallest absolute Gasteiger partial charge is 0.262 e. The molecule has 3 saturated heterocycles. The summed E-state index contributed by atoms with van der Waals surface area (Å²) >= 11 is 14.2. The van der Waals surface area contributed by atoms with Crippen molar-refractivity contribution in [2.24, 2.45) is 5.41 Å². The Morgan fingerprint density at radius 2 is 1.68 bits per heavy atom. The second kappa shape index (κ2) is 14.2. The summed E-state index contributed by atoms with van der Waals surface area (Å²) in [5.41, 5.74) is 6.65. The third kappa shape index (κ3) is 6.78. The minimum Gasteiger partial charge on any atom is -0.481 e. The molecule has 6 heterocycles. The number of pyridine rings is 2. The molecule has 2 N–H and O–H groups in total. The lowest BCUT2D eigenvalue weighted by atomic mass is 9.72. The normalized spacial score (nSPS) is 17.8. The summed E-state index contributed by atoms with van der Waals surface area (Å²) in [7, 11) is 1.59. The molecule has 272 valence electrons. The van der Waals surface area contributed by atoms with Crippen LogP contribution in [0.15, 0.2) is 77.9 Å². The molecule has 1 atom stereocenters. The summed E-state index contributed by atoms with van der Waals surface area (Å²) in [6.07, 6.45) is 4.81. The number of ether oxygens (including phenoxy) is 1. The minimum absolute atomic E-state index is 0.0939. The maximum atomic E-state index is 13.5. The largest absolute Gasteiger partial charge is 0.481 e. The van der Waals surface area contributed by atoms with Gasteiger partial charge in [-0.25, -0.2) is 9.97 Å². The van der Waals surface area contributed by atoms with Gasteiger partial charge in [0.1, 0.15) is 5.65 Å². The van der Waals surface area contributed by atoms with Crippen LogP contribution in [0.4, 0.5) is 0 Å². The van der Waals surface area contributed by atoms with Crippen LogP contribution < -0.4 is 20.9 Å². The van der Waals surface area contributed by atoms with Gasteiger partial charge in [-0.3, -0.25) is 23.7 Å². The molecule has 5 aromatic rings. The van der Waals surface area contributed by atoms with Crippen LogP contribution in [0.25, 0.3) is 39.2 Å². The molecule has 3 fully saturated rings. The van der Waals surface area contributed by atoms with Gasteiger partial charge in [0.2, 0.25) is 17.7 Å². The monoisotopic (exact) mass is 751 g/mol. The van der Waals surface area contributed by atoms with Gasteiger partial charge in [0.15, 0.2) is 0 Å². The van der Waals surface area contributed by atoms with Gasteiger partial charge in [0.05, 0.1) is 28.4 Å². The Balaban J connectivity index is 1.00. The lowest BCUT2D eigenvalue weighted by molar-refractivity contribution is -0.157. The predicted octanol–water partition coefficient (Wildman–Crippen LogP) is 5.44. The van der Waals surface area contributed by atoms with Gasteiger partial charge in [-0.15, -0.1) is 0 Å². The van der Waals surface area contributed by atoms with E-state index in [0.717, 1.165) is 66.0 Å². The molecular formula is C40H39Cl2N7O4. The van der Waals surface area contributed by atoms with E-state index in [1.807, 2.05) is 65.6 Å². The molecule has 3 aliphatic heterocycles. The molecule has 0 saturated carbocycles. The molecule has 53 heavy (non-hydrogen) atoms. The van der Waals surface area contributed by atoms with E-state index in [0.29, 0.717) is 58.9 Å². The summed E-state index contributed by atoms with van der Waals surface area (Å²) in [6, 6.07) is 19.4. The van der Waals surface area contributed by atoms with Gasteiger partial charge >= 0.3 is 0 Å². The molecule has 11 nitrogen and oxygen atoms in total. The van der Waals surface area contributed by atoms with Gasteiger partial charge in [0.25, 0.3) is 5.56 Å². The number of benzene rings is 2. The van der Waals surface area contributed by atoms with E-state index in [1.54, 1.807) is 30.8 Å². The van der Waals surface area contributed by atoms with Crippen LogP contribution in [0.5, 0.6) is 5.88 Å². The van der Waals surface area contributed by atoms with Crippen LogP contribution in [0.3, 0.4) is 0 Å². The van der Waals surface area contributed by atoms with Gasteiger partial charge in [-0.1, -0.05) is 65.7 Å². The molecule has 0 aliphatic carbocycles. The number of hydrogen-bond acceptors (Lipinski definition) is 8. The predicted molar refractivity (Wildman–Crippen MR) is 205 cm³/mol. The number of nitrogens with one attached hydrogen (secondary N) is 2. The lowest BCUT2D eigenvalue weighted by Crippen LogP contribution is -2.72. The van der Waals surface area contributed by atoms with E-state index in [9.17, 15) is 14.4 Å². The molecule has 0 unspecified atom stereocenters. The SMILES string of the molecule is COc1nc(-c2cccc(-c3cccc(-c4ccn5c(=O)c(CN6CC7(C6)CN(C(C)=O)C7)cnc5c4)c3Cl)c2Cl)ccc1CNC[C@@H]1CCC(=O)N1. The number of likely N-dealkylation sites (tertiary alicyclic amines) is 2. The first-order valence-corrected chi connectivity index (χ1v) is 18.5. The molecule has 3 aliphatic rings. The van der Waals surface area contributed by atoms with Crippen LogP contribution in [0.1, 0.15) is 30.9 Å². The van der Waals surface area contributed by atoms with E-state index in [-0.39, 0.29) is 28.8 Å². The first-order chi connectivity index (χ1) is 25.6. The molecule has 13 heteroatoms. The van der Waals surface area contributed by atoms with E-state index < -0.39 is 0 Å². The number of methoxy groups -OCH3 is 1.